The zero-order chi connectivity index (χ0) is 13.7. The van der Waals surface area contributed by atoms with Crippen LogP contribution in [0.1, 0.15) is 45.4 Å². The SMILES string of the molecule is CCNCC1CCC(C)CC1CCc1nccn1C. The van der Waals surface area contributed by atoms with Crippen LogP contribution in [0.25, 0.3) is 0 Å². The average Bonchev–Trinajstić information content (AvgIpc) is 2.81. The molecule has 19 heavy (non-hydrogen) atoms. The first-order valence-corrected chi connectivity index (χ1v) is 7.87. The predicted molar refractivity (Wildman–Crippen MR) is 80.1 cm³/mol. The quantitative estimate of drug-likeness (QED) is 0.855. The highest BCUT2D eigenvalue weighted by Crippen LogP contribution is 2.36. The molecule has 1 aliphatic carbocycles. The van der Waals surface area contributed by atoms with E-state index in [1.54, 1.807) is 0 Å². The predicted octanol–water partition coefficient (Wildman–Crippen LogP) is 3.01. The third-order valence-electron chi connectivity index (χ3n) is 4.72. The molecule has 0 amide bonds. The molecule has 1 aromatic rings. The van der Waals surface area contributed by atoms with Crippen molar-refractivity contribution in [1.29, 1.82) is 0 Å². The fourth-order valence-corrected chi connectivity index (χ4v) is 3.47. The number of aryl methyl sites for hydroxylation is 2. The molecule has 3 heteroatoms. The Bertz CT molecular complexity index is 370. The van der Waals surface area contributed by atoms with Crippen LogP contribution in [0, 0.1) is 17.8 Å². The van der Waals surface area contributed by atoms with Gasteiger partial charge in [0.1, 0.15) is 5.82 Å². The van der Waals surface area contributed by atoms with Gasteiger partial charge in [-0.2, -0.15) is 0 Å². The summed E-state index contributed by atoms with van der Waals surface area (Å²) in [5.74, 6) is 3.89. The summed E-state index contributed by atoms with van der Waals surface area (Å²) in [5, 5.41) is 3.55. The second kappa shape index (κ2) is 7.09. The molecule has 0 bridgehead atoms. The highest BCUT2D eigenvalue weighted by Gasteiger charge is 2.28. The first-order valence-electron chi connectivity index (χ1n) is 7.87. The van der Waals surface area contributed by atoms with Crippen LogP contribution in [0.3, 0.4) is 0 Å². The molecule has 0 spiro atoms. The molecule has 0 saturated heterocycles. The maximum Gasteiger partial charge on any atom is 0.108 e. The topological polar surface area (TPSA) is 29.9 Å². The summed E-state index contributed by atoms with van der Waals surface area (Å²) in [6.07, 6.45) is 10.6. The molecule has 0 radical (unpaired) electrons. The summed E-state index contributed by atoms with van der Waals surface area (Å²) in [6, 6.07) is 0. The lowest BCUT2D eigenvalue weighted by Crippen LogP contribution is -2.33. The van der Waals surface area contributed by atoms with Crippen molar-refractivity contribution in [2.24, 2.45) is 24.8 Å². The average molecular weight is 263 g/mol. The molecule has 0 aliphatic heterocycles. The maximum atomic E-state index is 4.45. The van der Waals surface area contributed by atoms with Crippen LogP contribution in [0.4, 0.5) is 0 Å². The number of aromatic nitrogens is 2. The number of hydrogen-bond donors (Lipinski definition) is 1. The summed E-state index contributed by atoms with van der Waals surface area (Å²) in [7, 11) is 2.10. The number of nitrogens with one attached hydrogen (secondary N) is 1. The fourth-order valence-electron chi connectivity index (χ4n) is 3.47. The van der Waals surface area contributed by atoms with Crippen molar-refractivity contribution >= 4 is 0 Å². The van der Waals surface area contributed by atoms with E-state index in [1.165, 1.54) is 38.1 Å². The van der Waals surface area contributed by atoms with Crippen LogP contribution in [0.5, 0.6) is 0 Å². The van der Waals surface area contributed by atoms with Gasteiger partial charge in [-0.15, -0.1) is 0 Å². The Morgan fingerprint density at radius 1 is 1.37 bits per heavy atom. The van der Waals surface area contributed by atoms with Crippen molar-refractivity contribution < 1.29 is 0 Å². The van der Waals surface area contributed by atoms with E-state index in [0.717, 1.165) is 30.7 Å². The van der Waals surface area contributed by atoms with Crippen molar-refractivity contribution in [2.75, 3.05) is 13.1 Å². The molecule has 108 valence electrons. The van der Waals surface area contributed by atoms with E-state index >= 15 is 0 Å². The van der Waals surface area contributed by atoms with Gasteiger partial charge in [0, 0.05) is 25.9 Å². The molecule has 0 aromatic carbocycles. The smallest absolute Gasteiger partial charge is 0.108 e. The number of hydrogen-bond acceptors (Lipinski definition) is 2. The van der Waals surface area contributed by atoms with Crippen molar-refractivity contribution in [3.63, 3.8) is 0 Å². The van der Waals surface area contributed by atoms with Gasteiger partial charge in [0.2, 0.25) is 0 Å². The molecule has 3 unspecified atom stereocenters. The van der Waals surface area contributed by atoms with Crippen LogP contribution in [0.15, 0.2) is 12.4 Å². The Kier molecular flexibility index (Phi) is 5.44. The molecule has 1 heterocycles. The van der Waals surface area contributed by atoms with Crippen LogP contribution >= 0.6 is 0 Å². The Labute approximate surface area is 117 Å². The highest BCUT2D eigenvalue weighted by atomic mass is 15.0. The summed E-state index contributed by atoms with van der Waals surface area (Å²) in [5.41, 5.74) is 0. The first kappa shape index (κ1) is 14.6. The van der Waals surface area contributed by atoms with Crippen LogP contribution < -0.4 is 5.32 Å². The summed E-state index contributed by atoms with van der Waals surface area (Å²) in [6.45, 7) is 6.91. The van der Waals surface area contributed by atoms with Gasteiger partial charge in [-0.1, -0.05) is 20.3 Å². The van der Waals surface area contributed by atoms with Crippen molar-refractivity contribution in [3.8, 4) is 0 Å². The summed E-state index contributed by atoms with van der Waals surface area (Å²) in [4.78, 5) is 4.45. The first-order chi connectivity index (χ1) is 9.20. The lowest BCUT2D eigenvalue weighted by atomic mass is 9.72. The summed E-state index contributed by atoms with van der Waals surface area (Å²) < 4.78 is 2.16. The monoisotopic (exact) mass is 263 g/mol. The molecule has 1 N–H and O–H groups in total. The third kappa shape index (κ3) is 4.07. The second-order valence-electron chi connectivity index (χ2n) is 6.24. The van der Waals surface area contributed by atoms with Crippen LogP contribution in [0.2, 0.25) is 0 Å². The van der Waals surface area contributed by atoms with Gasteiger partial charge in [-0.3, -0.25) is 0 Å². The largest absolute Gasteiger partial charge is 0.338 e. The minimum Gasteiger partial charge on any atom is -0.338 e. The minimum absolute atomic E-state index is 0.872. The van der Waals surface area contributed by atoms with E-state index in [9.17, 15) is 0 Å². The molecular formula is C16H29N3. The Hall–Kier alpha value is -0.830. The minimum atomic E-state index is 0.872. The van der Waals surface area contributed by atoms with Crippen LogP contribution in [-0.2, 0) is 13.5 Å². The second-order valence-corrected chi connectivity index (χ2v) is 6.24. The number of imidazole rings is 1. The van der Waals surface area contributed by atoms with Gasteiger partial charge < -0.3 is 9.88 Å². The molecule has 1 fully saturated rings. The third-order valence-corrected chi connectivity index (χ3v) is 4.72. The lowest BCUT2D eigenvalue weighted by Gasteiger charge is -2.35. The molecule has 2 rings (SSSR count). The molecule has 1 saturated carbocycles. The van der Waals surface area contributed by atoms with E-state index in [0.29, 0.717) is 0 Å². The zero-order valence-electron chi connectivity index (χ0n) is 12.7. The fraction of sp³-hybridized carbons (Fsp3) is 0.812. The van der Waals surface area contributed by atoms with Gasteiger partial charge in [0.25, 0.3) is 0 Å². The van der Waals surface area contributed by atoms with Gasteiger partial charge in [0.15, 0.2) is 0 Å². The zero-order valence-corrected chi connectivity index (χ0v) is 12.7. The lowest BCUT2D eigenvalue weighted by molar-refractivity contribution is 0.175. The van der Waals surface area contributed by atoms with Crippen LogP contribution in [-0.4, -0.2) is 22.6 Å². The van der Waals surface area contributed by atoms with E-state index in [-0.39, 0.29) is 0 Å². The highest BCUT2D eigenvalue weighted by molar-refractivity contribution is 4.92. The van der Waals surface area contributed by atoms with Gasteiger partial charge in [-0.25, -0.2) is 4.98 Å². The molecule has 3 nitrogen and oxygen atoms in total. The van der Waals surface area contributed by atoms with E-state index < -0.39 is 0 Å². The van der Waals surface area contributed by atoms with E-state index in [4.69, 9.17) is 0 Å². The Morgan fingerprint density at radius 3 is 2.89 bits per heavy atom. The van der Waals surface area contributed by atoms with Crippen molar-refractivity contribution in [1.82, 2.24) is 14.9 Å². The maximum absolute atomic E-state index is 4.45. The Balaban J connectivity index is 1.88. The molecule has 3 atom stereocenters. The van der Waals surface area contributed by atoms with Gasteiger partial charge in [0.05, 0.1) is 0 Å². The van der Waals surface area contributed by atoms with E-state index in [2.05, 4.69) is 42.0 Å². The van der Waals surface area contributed by atoms with Crippen molar-refractivity contribution in [2.45, 2.75) is 46.0 Å². The van der Waals surface area contributed by atoms with Gasteiger partial charge in [-0.05, 0) is 50.1 Å². The molecule has 1 aromatic heterocycles. The standard InChI is InChI=1S/C16H29N3/c1-4-17-12-15-6-5-13(2)11-14(15)7-8-16-18-9-10-19(16)3/h9-10,13-15,17H,4-8,11-12H2,1-3H3. The molecule has 1 aliphatic rings. The Morgan fingerprint density at radius 2 is 2.21 bits per heavy atom. The number of rotatable bonds is 6. The number of nitrogens with zero attached hydrogens (tertiary/aromatic N) is 2. The molecular weight excluding hydrogens is 234 g/mol. The normalized spacial score (nSPS) is 27.6. The van der Waals surface area contributed by atoms with E-state index in [1.807, 2.05) is 6.20 Å². The van der Waals surface area contributed by atoms with Crippen molar-refractivity contribution in [3.05, 3.63) is 18.2 Å². The summed E-state index contributed by atoms with van der Waals surface area (Å²) >= 11 is 0. The van der Waals surface area contributed by atoms with Gasteiger partial charge >= 0.3 is 0 Å².